The van der Waals surface area contributed by atoms with E-state index in [0.717, 1.165) is 64.9 Å². The Balaban J connectivity index is 0.946. The molecule has 2 aliphatic rings. The van der Waals surface area contributed by atoms with Crippen molar-refractivity contribution in [1.82, 2.24) is 40.4 Å². The fourth-order valence-electron chi connectivity index (χ4n) is 8.47. The first kappa shape index (κ1) is 40.6. The van der Waals surface area contributed by atoms with E-state index < -0.39 is 24.3 Å². The van der Waals surface area contributed by atoms with Crippen LogP contribution >= 0.6 is 0 Å². The number of nitrogens with zero attached hydrogens (tertiary/aromatic N) is 4. The Labute approximate surface area is 353 Å². The molecule has 14 heteroatoms. The largest absolute Gasteiger partial charge is 0.453 e. The fourth-order valence-corrected chi connectivity index (χ4v) is 8.47. The monoisotopic (exact) mass is 820 g/mol. The molecule has 8 rings (SSSR count). The summed E-state index contributed by atoms with van der Waals surface area (Å²) in [4.78, 5) is 72.3. The van der Waals surface area contributed by atoms with Crippen LogP contribution in [0.15, 0.2) is 116 Å². The number of carbonyl (C=O) groups excluding carboxylic acids is 4. The molecule has 4 heterocycles. The Morgan fingerprint density at radius 1 is 0.623 bits per heavy atom. The number of likely N-dealkylation sites (tertiary alicyclic amines) is 2. The van der Waals surface area contributed by atoms with Gasteiger partial charge < -0.3 is 39.9 Å². The SMILES string of the molecule is COC(=O)N[C@@H](C(=O)N1CCC[C@H]1c1ncc(-c2ccc(-c3ccc(-c4cnc([C@@H]5CCCN5C(=O)[C@H](NC(=O)OC)c5ccccc5)[nH]4)cc3C)cc2)[nH]1)c1ccccc1. The number of hydrogen-bond donors (Lipinski definition) is 4. The summed E-state index contributed by atoms with van der Waals surface area (Å²) < 4.78 is 9.67. The number of imidazole rings is 2. The van der Waals surface area contributed by atoms with Crippen LogP contribution in [0.4, 0.5) is 9.59 Å². The average Bonchev–Trinajstić information content (AvgIpc) is 4.15. The Bertz CT molecular complexity index is 2500. The third-order valence-corrected chi connectivity index (χ3v) is 11.6. The highest BCUT2D eigenvalue weighted by molar-refractivity contribution is 5.88. The zero-order chi connectivity index (χ0) is 42.5. The first-order valence-electron chi connectivity index (χ1n) is 20.4. The second kappa shape index (κ2) is 18.0. The lowest BCUT2D eigenvalue weighted by atomic mass is 9.96. The van der Waals surface area contributed by atoms with Crippen LogP contribution in [-0.4, -0.2) is 81.0 Å². The number of ether oxygens (including phenoxy) is 2. The number of benzene rings is 4. The van der Waals surface area contributed by atoms with E-state index in [-0.39, 0.29) is 23.9 Å². The van der Waals surface area contributed by atoms with Gasteiger partial charge in [0.2, 0.25) is 0 Å². The van der Waals surface area contributed by atoms with Gasteiger partial charge in [-0.15, -0.1) is 0 Å². The zero-order valence-corrected chi connectivity index (χ0v) is 34.3. The predicted octanol–water partition coefficient (Wildman–Crippen LogP) is 7.96. The maximum absolute atomic E-state index is 13.9. The Morgan fingerprint density at radius 2 is 1.07 bits per heavy atom. The van der Waals surface area contributed by atoms with Gasteiger partial charge in [-0.25, -0.2) is 19.6 Å². The molecule has 61 heavy (non-hydrogen) atoms. The minimum atomic E-state index is -0.886. The molecule has 4 atom stereocenters. The van der Waals surface area contributed by atoms with Gasteiger partial charge in [0.05, 0.1) is 50.1 Å². The van der Waals surface area contributed by atoms with Crippen LogP contribution < -0.4 is 10.6 Å². The Hall–Kier alpha value is -7.22. The van der Waals surface area contributed by atoms with Crippen molar-refractivity contribution in [3.63, 3.8) is 0 Å². The van der Waals surface area contributed by atoms with Crippen LogP contribution in [0.1, 0.15) is 78.2 Å². The molecule has 0 aliphatic carbocycles. The summed E-state index contributed by atoms with van der Waals surface area (Å²) in [6.45, 7) is 3.18. The smallest absolute Gasteiger partial charge is 0.407 e. The molecule has 0 spiro atoms. The molecule has 2 aromatic heterocycles. The summed E-state index contributed by atoms with van der Waals surface area (Å²) in [6, 6.07) is 30.6. The number of alkyl carbamates (subject to hydrolysis) is 2. The van der Waals surface area contributed by atoms with E-state index in [1.807, 2.05) is 60.7 Å². The van der Waals surface area contributed by atoms with E-state index in [4.69, 9.17) is 19.4 Å². The lowest BCUT2D eigenvalue weighted by Crippen LogP contribution is -2.42. The summed E-state index contributed by atoms with van der Waals surface area (Å²) in [7, 11) is 2.56. The van der Waals surface area contributed by atoms with Gasteiger partial charge in [0, 0.05) is 13.1 Å². The highest BCUT2D eigenvalue weighted by atomic mass is 16.5. The molecule has 312 valence electrons. The molecule has 0 radical (unpaired) electrons. The second-order valence-electron chi connectivity index (χ2n) is 15.3. The van der Waals surface area contributed by atoms with Crippen LogP contribution in [0.2, 0.25) is 0 Å². The van der Waals surface area contributed by atoms with Crippen molar-refractivity contribution < 1.29 is 28.7 Å². The van der Waals surface area contributed by atoms with Crippen molar-refractivity contribution >= 4 is 24.0 Å². The second-order valence-corrected chi connectivity index (χ2v) is 15.3. The summed E-state index contributed by atoms with van der Waals surface area (Å²) >= 11 is 0. The van der Waals surface area contributed by atoms with Crippen molar-refractivity contribution in [2.24, 2.45) is 0 Å². The molecule has 4 N–H and O–H groups in total. The number of amides is 4. The van der Waals surface area contributed by atoms with E-state index >= 15 is 0 Å². The molecule has 4 amide bonds. The Morgan fingerprint density at radius 3 is 1.52 bits per heavy atom. The first-order chi connectivity index (χ1) is 29.7. The third-order valence-electron chi connectivity index (χ3n) is 11.6. The maximum atomic E-state index is 13.9. The highest BCUT2D eigenvalue weighted by Crippen LogP contribution is 2.37. The maximum Gasteiger partial charge on any atom is 0.407 e. The molecular weight excluding hydrogens is 773 g/mol. The minimum absolute atomic E-state index is 0.216. The van der Waals surface area contributed by atoms with Crippen molar-refractivity contribution in [1.29, 1.82) is 0 Å². The van der Waals surface area contributed by atoms with E-state index in [2.05, 4.69) is 70.0 Å². The molecule has 2 fully saturated rings. The Kier molecular flexibility index (Phi) is 11.9. The first-order valence-corrected chi connectivity index (χ1v) is 20.4. The molecule has 4 aromatic carbocycles. The lowest BCUT2D eigenvalue weighted by Gasteiger charge is -2.28. The van der Waals surface area contributed by atoms with Gasteiger partial charge >= 0.3 is 12.2 Å². The number of carbonyl (C=O) groups is 4. The number of aryl methyl sites for hydroxylation is 1. The van der Waals surface area contributed by atoms with E-state index in [0.29, 0.717) is 35.9 Å². The number of rotatable bonds is 11. The van der Waals surface area contributed by atoms with Gasteiger partial charge in [-0.3, -0.25) is 9.59 Å². The molecule has 0 bridgehead atoms. The molecular formula is C47H48N8O6. The number of nitrogens with one attached hydrogen (secondary N) is 4. The fraction of sp³-hybridized carbons (Fsp3) is 0.277. The summed E-state index contributed by atoms with van der Waals surface area (Å²) in [5.41, 5.74) is 8.21. The van der Waals surface area contributed by atoms with E-state index in [1.165, 1.54) is 14.2 Å². The molecule has 14 nitrogen and oxygen atoms in total. The molecule has 2 saturated heterocycles. The predicted molar refractivity (Wildman–Crippen MR) is 229 cm³/mol. The summed E-state index contributed by atoms with van der Waals surface area (Å²) in [5, 5.41) is 5.43. The van der Waals surface area contributed by atoms with Gasteiger partial charge in [0.15, 0.2) is 0 Å². The number of H-pyrrole nitrogens is 2. The number of hydrogen-bond acceptors (Lipinski definition) is 8. The topological polar surface area (TPSA) is 175 Å². The van der Waals surface area contributed by atoms with Gasteiger partial charge in [-0.1, -0.05) is 97.1 Å². The van der Waals surface area contributed by atoms with Crippen LogP contribution in [0, 0.1) is 6.92 Å². The van der Waals surface area contributed by atoms with Crippen molar-refractivity contribution in [2.45, 2.75) is 56.8 Å². The van der Waals surface area contributed by atoms with Gasteiger partial charge in [0.25, 0.3) is 11.8 Å². The zero-order valence-electron chi connectivity index (χ0n) is 34.3. The molecule has 6 aromatic rings. The van der Waals surface area contributed by atoms with Crippen molar-refractivity contribution in [3.05, 3.63) is 144 Å². The van der Waals surface area contributed by atoms with Crippen LogP contribution in [-0.2, 0) is 19.1 Å². The van der Waals surface area contributed by atoms with E-state index in [1.54, 1.807) is 22.2 Å². The number of methoxy groups -OCH3 is 2. The van der Waals surface area contributed by atoms with Gasteiger partial charge in [0.1, 0.15) is 23.7 Å². The standard InChI is InChI=1S/C47H48N8O6/c1-29-26-34(37-28-49-43(51-37)39-17-11-25-55(39)45(57)41(53-47(59)61-3)33-14-8-5-9-15-33)22-23-35(29)30-18-20-31(21-19-30)36-27-48-42(50-36)38-16-10-24-54(38)44(56)40(52-46(58)60-2)32-12-6-4-7-13-32/h4-9,12-15,18-23,26-28,38-41H,10-11,16-17,24-25H2,1-3H3,(H,48,50)(H,49,51)(H,52,58)(H,53,59)/t38-,39-,40+,41+/m0/s1. The van der Waals surface area contributed by atoms with E-state index in [9.17, 15) is 19.2 Å². The molecule has 0 saturated carbocycles. The quantitative estimate of drug-likeness (QED) is 0.102. The number of aromatic amines is 2. The molecule has 2 aliphatic heterocycles. The van der Waals surface area contributed by atoms with Crippen LogP contribution in [0.3, 0.4) is 0 Å². The van der Waals surface area contributed by atoms with Crippen molar-refractivity contribution in [2.75, 3.05) is 27.3 Å². The average molecular weight is 821 g/mol. The van der Waals surface area contributed by atoms with Crippen LogP contribution in [0.5, 0.6) is 0 Å². The van der Waals surface area contributed by atoms with Crippen molar-refractivity contribution in [3.8, 4) is 33.6 Å². The minimum Gasteiger partial charge on any atom is -0.453 e. The van der Waals surface area contributed by atoms with Gasteiger partial charge in [-0.05, 0) is 77.6 Å². The molecule has 0 unspecified atom stereocenters. The number of aromatic nitrogens is 4. The summed E-state index contributed by atoms with van der Waals surface area (Å²) in [6.07, 6.45) is 5.38. The summed E-state index contributed by atoms with van der Waals surface area (Å²) in [5.74, 6) is 0.964. The lowest BCUT2D eigenvalue weighted by molar-refractivity contribution is -0.135. The van der Waals surface area contributed by atoms with Gasteiger partial charge in [-0.2, -0.15) is 0 Å². The normalized spacial score (nSPS) is 17.1. The van der Waals surface area contributed by atoms with Crippen LogP contribution in [0.25, 0.3) is 33.6 Å². The highest BCUT2D eigenvalue weighted by Gasteiger charge is 2.38. The third kappa shape index (κ3) is 8.60.